The summed E-state index contributed by atoms with van der Waals surface area (Å²) in [7, 11) is 0. The van der Waals surface area contributed by atoms with Gasteiger partial charge in [-0.25, -0.2) is 0 Å². The standard InChI is InChI=1S/C8H16N2O2/c11-9-7-5-3-1-2-4-6-8-10-12/h7-8,11-12H,1-6H2. The van der Waals surface area contributed by atoms with Crippen molar-refractivity contribution in [2.24, 2.45) is 10.3 Å². The number of unbranched alkanes of at least 4 members (excludes halogenated alkanes) is 5. The second-order valence-corrected chi connectivity index (χ2v) is 2.59. The van der Waals surface area contributed by atoms with Gasteiger partial charge in [0.25, 0.3) is 0 Å². The van der Waals surface area contributed by atoms with Crippen molar-refractivity contribution in [2.45, 2.75) is 38.5 Å². The topological polar surface area (TPSA) is 65.2 Å². The summed E-state index contributed by atoms with van der Waals surface area (Å²) < 4.78 is 0. The molecule has 0 aromatic carbocycles. The number of hydrogen-bond acceptors (Lipinski definition) is 4. The third-order valence-electron chi connectivity index (χ3n) is 1.58. The van der Waals surface area contributed by atoms with Gasteiger partial charge in [0, 0.05) is 12.4 Å². The van der Waals surface area contributed by atoms with Crippen LogP contribution < -0.4 is 0 Å². The van der Waals surface area contributed by atoms with E-state index in [2.05, 4.69) is 10.3 Å². The smallest absolute Gasteiger partial charge is 0.0435 e. The lowest BCUT2D eigenvalue weighted by atomic mass is 10.1. The lowest BCUT2D eigenvalue weighted by Crippen LogP contribution is -1.81. The molecule has 0 rings (SSSR count). The molecule has 70 valence electrons. The van der Waals surface area contributed by atoms with E-state index in [1.54, 1.807) is 0 Å². The van der Waals surface area contributed by atoms with E-state index >= 15 is 0 Å². The quantitative estimate of drug-likeness (QED) is 0.268. The second-order valence-electron chi connectivity index (χ2n) is 2.59. The van der Waals surface area contributed by atoms with E-state index in [9.17, 15) is 0 Å². The van der Waals surface area contributed by atoms with Gasteiger partial charge in [-0.3, -0.25) is 0 Å². The molecule has 12 heavy (non-hydrogen) atoms. The Balaban J connectivity index is 2.91. The number of nitrogens with zero attached hydrogens (tertiary/aromatic N) is 2. The largest absolute Gasteiger partial charge is 0.411 e. The molecular formula is C8H16N2O2. The van der Waals surface area contributed by atoms with Crippen LogP contribution in [-0.4, -0.2) is 22.8 Å². The minimum atomic E-state index is 0.838. The molecule has 0 radical (unpaired) electrons. The number of hydrogen-bond donors (Lipinski definition) is 2. The maximum absolute atomic E-state index is 8.06. The molecule has 0 amide bonds. The zero-order chi connectivity index (χ0) is 9.07. The van der Waals surface area contributed by atoms with E-state index < -0.39 is 0 Å². The molecule has 0 aliphatic carbocycles. The molecule has 4 heteroatoms. The van der Waals surface area contributed by atoms with Crippen molar-refractivity contribution in [1.82, 2.24) is 0 Å². The first-order valence-electron chi connectivity index (χ1n) is 4.23. The Bertz CT molecular complexity index is 119. The summed E-state index contributed by atoms with van der Waals surface area (Å²) in [5.41, 5.74) is 0. The third kappa shape index (κ3) is 8.94. The number of oxime groups is 2. The first kappa shape index (κ1) is 10.9. The zero-order valence-electron chi connectivity index (χ0n) is 7.19. The van der Waals surface area contributed by atoms with E-state index in [1.165, 1.54) is 12.4 Å². The monoisotopic (exact) mass is 172 g/mol. The average molecular weight is 172 g/mol. The fraction of sp³-hybridized carbons (Fsp3) is 0.750. The summed E-state index contributed by atoms with van der Waals surface area (Å²) in [5.74, 6) is 0. The highest BCUT2D eigenvalue weighted by Crippen LogP contribution is 2.03. The molecule has 0 saturated heterocycles. The van der Waals surface area contributed by atoms with Crippen molar-refractivity contribution in [3.05, 3.63) is 0 Å². The predicted molar refractivity (Wildman–Crippen MR) is 48.3 cm³/mol. The van der Waals surface area contributed by atoms with Gasteiger partial charge in [0.05, 0.1) is 0 Å². The molecule has 0 saturated carbocycles. The third-order valence-corrected chi connectivity index (χ3v) is 1.58. The zero-order valence-corrected chi connectivity index (χ0v) is 7.19. The molecule has 2 N–H and O–H groups in total. The summed E-state index contributed by atoms with van der Waals surface area (Å²) in [4.78, 5) is 0. The van der Waals surface area contributed by atoms with E-state index in [-0.39, 0.29) is 0 Å². The Kier molecular flexibility index (Phi) is 9.06. The van der Waals surface area contributed by atoms with Crippen LogP contribution in [0.5, 0.6) is 0 Å². The Morgan fingerprint density at radius 2 is 1.17 bits per heavy atom. The van der Waals surface area contributed by atoms with Crippen LogP contribution >= 0.6 is 0 Å². The van der Waals surface area contributed by atoms with E-state index in [4.69, 9.17) is 10.4 Å². The molecule has 0 bridgehead atoms. The van der Waals surface area contributed by atoms with Gasteiger partial charge in [0.15, 0.2) is 0 Å². The Morgan fingerprint density at radius 1 is 0.750 bits per heavy atom. The average Bonchev–Trinajstić information content (AvgIpc) is 2.10. The molecule has 0 aromatic heterocycles. The Labute approximate surface area is 72.6 Å². The highest BCUT2D eigenvalue weighted by Gasteiger charge is 1.87. The molecule has 4 nitrogen and oxygen atoms in total. The van der Waals surface area contributed by atoms with E-state index in [1.807, 2.05) is 0 Å². The van der Waals surface area contributed by atoms with Crippen LogP contribution in [0.4, 0.5) is 0 Å². The second kappa shape index (κ2) is 9.94. The van der Waals surface area contributed by atoms with Gasteiger partial charge in [-0.2, -0.15) is 0 Å². The van der Waals surface area contributed by atoms with Gasteiger partial charge >= 0.3 is 0 Å². The van der Waals surface area contributed by atoms with Crippen LogP contribution in [0.15, 0.2) is 10.3 Å². The molecule has 0 heterocycles. The van der Waals surface area contributed by atoms with Crippen molar-refractivity contribution in [3.8, 4) is 0 Å². The SMILES string of the molecule is ON=CCCCCCCC=NO. The molecule has 0 spiro atoms. The molecule has 0 aliphatic heterocycles. The van der Waals surface area contributed by atoms with Gasteiger partial charge in [0.2, 0.25) is 0 Å². The number of rotatable bonds is 7. The van der Waals surface area contributed by atoms with Gasteiger partial charge < -0.3 is 10.4 Å². The fourth-order valence-corrected chi connectivity index (χ4v) is 0.940. The van der Waals surface area contributed by atoms with E-state index in [0.29, 0.717) is 0 Å². The van der Waals surface area contributed by atoms with Crippen molar-refractivity contribution >= 4 is 12.4 Å². The van der Waals surface area contributed by atoms with Crippen LogP contribution in [0.2, 0.25) is 0 Å². The molecule has 0 atom stereocenters. The van der Waals surface area contributed by atoms with Crippen molar-refractivity contribution in [3.63, 3.8) is 0 Å². The molecule has 0 fully saturated rings. The maximum atomic E-state index is 8.06. The van der Waals surface area contributed by atoms with Crippen LogP contribution in [0.3, 0.4) is 0 Å². The maximum Gasteiger partial charge on any atom is 0.0435 e. The lowest BCUT2D eigenvalue weighted by Gasteiger charge is -1.94. The van der Waals surface area contributed by atoms with Crippen LogP contribution in [0, 0.1) is 0 Å². The van der Waals surface area contributed by atoms with Crippen molar-refractivity contribution < 1.29 is 10.4 Å². The van der Waals surface area contributed by atoms with E-state index in [0.717, 1.165) is 38.5 Å². The fourth-order valence-electron chi connectivity index (χ4n) is 0.940. The normalized spacial score (nSPS) is 11.7. The summed E-state index contributed by atoms with van der Waals surface area (Å²) in [6, 6.07) is 0. The summed E-state index contributed by atoms with van der Waals surface area (Å²) >= 11 is 0. The van der Waals surface area contributed by atoms with Gasteiger partial charge in [-0.15, -0.1) is 10.3 Å². The summed E-state index contributed by atoms with van der Waals surface area (Å²) in [5, 5.41) is 21.9. The lowest BCUT2D eigenvalue weighted by molar-refractivity contribution is 0.319. The molecular weight excluding hydrogens is 156 g/mol. The van der Waals surface area contributed by atoms with Crippen molar-refractivity contribution in [1.29, 1.82) is 0 Å². The van der Waals surface area contributed by atoms with Gasteiger partial charge in [-0.05, 0) is 25.7 Å². The summed E-state index contributed by atoms with van der Waals surface area (Å²) in [6.45, 7) is 0. The van der Waals surface area contributed by atoms with Gasteiger partial charge in [-0.1, -0.05) is 12.8 Å². The Hall–Kier alpha value is -1.06. The minimum absolute atomic E-state index is 0.838. The first-order chi connectivity index (χ1) is 5.91. The predicted octanol–water partition coefficient (Wildman–Crippen LogP) is 2.25. The van der Waals surface area contributed by atoms with Gasteiger partial charge in [0.1, 0.15) is 0 Å². The van der Waals surface area contributed by atoms with Crippen molar-refractivity contribution in [2.75, 3.05) is 0 Å². The van der Waals surface area contributed by atoms with Crippen LogP contribution in [-0.2, 0) is 0 Å². The Morgan fingerprint density at radius 3 is 1.50 bits per heavy atom. The minimum Gasteiger partial charge on any atom is -0.411 e. The van der Waals surface area contributed by atoms with Crippen LogP contribution in [0.25, 0.3) is 0 Å². The molecule has 0 unspecified atom stereocenters. The molecule has 0 aromatic rings. The van der Waals surface area contributed by atoms with Crippen LogP contribution in [0.1, 0.15) is 38.5 Å². The molecule has 0 aliphatic rings. The highest BCUT2D eigenvalue weighted by atomic mass is 16.4. The summed E-state index contributed by atoms with van der Waals surface area (Å²) in [6.07, 6.45) is 9.07. The first-order valence-corrected chi connectivity index (χ1v) is 4.23. The highest BCUT2D eigenvalue weighted by molar-refractivity contribution is 5.56.